The van der Waals surface area contributed by atoms with Gasteiger partial charge in [-0.2, -0.15) is 35.3 Å². The Labute approximate surface area is 565 Å². The summed E-state index contributed by atoms with van der Waals surface area (Å²) in [5.41, 5.74) is -2.64. The molecule has 90 heavy (non-hydrogen) atoms. The molecule has 528 valence electrons. The molecule has 0 amide bonds. The van der Waals surface area contributed by atoms with Crippen molar-refractivity contribution in [3.05, 3.63) is 31.5 Å². The number of carbonyl (C=O) groups excluding carboxylic acids is 3. The van der Waals surface area contributed by atoms with Crippen LogP contribution in [0.2, 0.25) is 0 Å². The summed E-state index contributed by atoms with van der Waals surface area (Å²) in [4.78, 5) is 79.4. The average molecular weight is 1330 g/mol. The van der Waals surface area contributed by atoms with E-state index in [2.05, 4.69) is 20.8 Å². The lowest BCUT2D eigenvalue weighted by atomic mass is 10.0. The Morgan fingerprint density at radius 3 is 0.567 bits per heavy atom. The molecule has 0 aliphatic heterocycles. The van der Waals surface area contributed by atoms with Crippen LogP contribution in [-0.2, 0) is 48.2 Å². The smallest absolute Gasteiger partial charge is 0.336 e. The molecule has 0 saturated carbocycles. The first kappa shape index (κ1) is 85.9. The largest absolute Gasteiger partial charge is 0.464 e. The number of ether oxygens (including phenoxy) is 3. The summed E-state index contributed by atoms with van der Waals surface area (Å²) in [6.45, 7) is 5.36. The van der Waals surface area contributed by atoms with Crippen molar-refractivity contribution in [2.45, 2.75) is 387 Å². The van der Waals surface area contributed by atoms with E-state index in [1.165, 1.54) is 308 Å². The van der Waals surface area contributed by atoms with Gasteiger partial charge in [0.05, 0.1) is 38.9 Å². The standard InChI is InChI=1S/C75H141N3O9S3/c1-4-7-10-13-16-19-22-25-28-31-34-37-40-43-46-49-52-64-88-67-55-70(79)85-61-58-76-73(82)77(59-62-86-71(80)56-68-89-65-53-50-47-44-41-38-35-32-29-26-23-20-17-14-11-8-5-2)75(84)78(74(76)83)60-63-87-72(81)57-69-90-66-54-51-48-45-42-39-36-33-30-27-24-21-18-15-12-9-6-3/h4-69H2,1-3H3. The topological polar surface area (TPSA) is 145 Å². The molecule has 0 saturated heterocycles. The second kappa shape index (κ2) is 68.3. The molecule has 0 bridgehead atoms. The molecule has 1 heterocycles. The summed E-state index contributed by atoms with van der Waals surface area (Å²) in [6.07, 6.45) is 69.1. The van der Waals surface area contributed by atoms with Crippen molar-refractivity contribution < 1.29 is 28.6 Å². The molecule has 1 aromatic rings. The van der Waals surface area contributed by atoms with Crippen LogP contribution < -0.4 is 17.1 Å². The lowest BCUT2D eigenvalue weighted by Gasteiger charge is -2.14. The minimum absolute atomic E-state index is 0.217. The third-order valence-corrected chi connectivity index (χ3v) is 20.9. The average Bonchev–Trinajstić information content (AvgIpc) is 0.821. The Hall–Kier alpha value is -2.13. The van der Waals surface area contributed by atoms with E-state index < -0.39 is 35.0 Å². The number of unbranched alkanes of at least 4 members (excludes halogenated alkanes) is 48. The van der Waals surface area contributed by atoms with Crippen LogP contribution in [-0.4, -0.2) is 85.9 Å². The predicted molar refractivity (Wildman–Crippen MR) is 390 cm³/mol. The number of aromatic nitrogens is 3. The second-order valence-electron chi connectivity index (χ2n) is 26.0. The molecule has 0 aliphatic rings. The first-order chi connectivity index (χ1) is 44.3. The summed E-state index contributed by atoms with van der Waals surface area (Å²) in [5, 5.41) is 0. The van der Waals surface area contributed by atoms with E-state index >= 15 is 0 Å². The zero-order valence-electron chi connectivity index (χ0n) is 58.9. The van der Waals surface area contributed by atoms with Crippen molar-refractivity contribution in [2.24, 2.45) is 0 Å². The van der Waals surface area contributed by atoms with Crippen LogP contribution in [0.5, 0.6) is 0 Å². The lowest BCUT2D eigenvalue weighted by molar-refractivity contribution is -0.144. The van der Waals surface area contributed by atoms with Crippen LogP contribution in [0.15, 0.2) is 14.4 Å². The van der Waals surface area contributed by atoms with Gasteiger partial charge in [0.2, 0.25) is 0 Å². The van der Waals surface area contributed by atoms with Crippen molar-refractivity contribution in [1.29, 1.82) is 0 Å². The fourth-order valence-electron chi connectivity index (χ4n) is 11.8. The molecule has 0 aromatic carbocycles. The zero-order valence-corrected chi connectivity index (χ0v) is 61.4. The number of carbonyl (C=O) groups is 3. The SMILES string of the molecule is CCCCCCCCCCCCCCCCCCCSCCC(=O)OCCn1c(=O)n(CCOC(=O)CCSCCCCCCCCCCCCCCCCCCC)c(=O)n(CCOC(=O)CCSCCCCCCCCCCCCCCCCCCC)c1=O. The van der Waals surface area contributed by atoms with Crippen LogP contribution in [0.3, 0.4) is 0 Å². The van der Waals surface area contributed by atoms with E-state index in [9.17, 15) is 28.8 Å². The van der Waals surface area contributed by atoms with Gasteiger partial charge in [0.1, 0.15) is 19.8 Å². The Balaban J connectivity index is 2.48. The van der Waals surface area contributed by atoms with Gasteiger partial charge in [0.25, 0.3) is 0 Å². The van der Waals surface area contributed by atoms with E-state index in [4.69, 9.17) is 14.2 Å². The Morgan fingerprint density at radius 2 is 0.400 bits per heavy atom. The number of hydrogen-bond acceptors (Lipinski definition) is 12. The molecule has 12 nitrogen and oxygen atoms in total. The van der Waals surface area contributed by atoms with Crippen LogP contribution in [0.1, 0.15) is 367 Å². The quantitative estimate of drug-likeness (QED) is 0.0348. The van der Waals surface area contributed by atoms with Crippen LogP contribution in [0.25, 0.3) is 0 Å². The number of esters is 3. The summed E-state index contributed by atoms with van der Waals surface area (Å²) in [5.74, 6) is 3.61. The van der Waals surface area contributed by atoms with Gasteiger partial charge in [-0.3, -0.25) is 14.4 Å². The van der Waals surface area contributed by atoms with Crippen molar-refractivity contribution in [3.63, 3.8) is 0 Å². The Bertz CT molecular complexity index is 1700. The third kappa shape index (κ3) is 55.2. The molecule has 0 aliphatic carbocycles. The highest BCUT2D eigenvalue weighted by Crippen LogP contribution is 2.19. The first-order valence-electron chi connectivity index (χ1n) is 38.4. The Morgan fingerprint density at radius 1 is 0.244 bits per heavy atom. The monoisotopic (exact) mass is 1320 g/mol. The number of hydrogen-bond donors (Lipinski definition) is 0. The Kier molecular flexibility index (Phi) is 65.1. The molecule has 0 spiro atoms. The lowest BCUT2D eigenvalue weighted by Crippen LogP contribution is -2.55. The van der Waals surface area contributed by atoms with Gasteiger partial charge < -0.3 is 14.2 Å². The van der Waals surface area contributed by atoms with E-state index in [1.54, 1.807) is 35.3 Å². The first-order valence-corrected chi connectivity index (χ1v) is 41.9. The number of thioether (sulfide) groups is 3. The maximum absolute atomic E-state index is 13.7. The third-order valence-electron chi connectivity index (χ3n) is 17.6. The highest BCUT2D eigenvalue weighted by atomic mass is 32.2. The van der Waals surface area contributed by atoms with Crippen LogP contribution in [0.4, 0.5) is 0 Å². The second-order valence-corrected chi connectivity index (χ2v) is 29.7. The molecule has 0 atom stereocenters. The van der Waals surface area contributed by atoms with Gasteiger partial charge in [0, 0.05) is 17.3 Å². The minimum atomic E-state index is -0.878. The van der Waals surface area contributed by atoms with E-state index in [-0.39, 0.29) is 58.7 Å². The van der Waals surface area contributed by atoms with Gasteiger partial charge >= 0.3 is 35.0 Å². The van der Waals surface area contributed by atoms with Crippen molar-refractivity contribution in [1.82, 2.24) is 13.7 Å². The minimum Gasteiger partial charge on any atom is -0.464 e. The highest BCUT2D eigenvalue weighted by Gasteiger charge is 2.18. The van der Waals surface area contributed by atoms with Crippen molar-refractivity contribution >= 4 is 53.2 Å². The molecule has 1 aromatic heterocycles. The molecule has 1 rings (SSSR count). The van der Waals surface area contributed by atoms with Crippen LogP contribution in [0, 0.1) is 0 Å². The van der Waals surface area contributed by atoms with E-state index in [0.717, 1.165) is 50.2 Å². The van der Waals surface area contributed by atoms with Gasteiger partial charge in [-0.25, -0.2) is 28.1 Å². The summed E-state index contributed by atoms with van der Waals surface area (Å²) < 4.78 is 19.0. The summed E-state index contributed by atoms with van der Waals surface area (Å²) in [6, 6.07) is 0. The fraction of sp³-hybridized carbons (Fsp3) is 0.920. The highest BCUT2D eigenvalue weighted by molar-refractivity contribution is 7.99. The van der Waals surface area contributed by atoms with Gasteiger partial charge in [-0.1, -0.05) is 329 Å². The summed E-state index contributed by atoms with van der Waals surface area (Å²) in [7, 11) is 0. The molecular weight excluding hydrogens is 1180 g/mol. The zero-order chi connectivity index (χ0) is 65.1. The fourth-order valence-corrected chi connectivity index (χ4v) is 14.6. The normalized spacial score (nSPS) is 11.5. The van der Waals surface area contributed by atoms with Crippen molar-refractivity contribution in [2.75, 3.05) is 54.3 Å². The maximum atomic E-state index is 13.7. The molecule has 15 heteroatoms. The van der Waals surface area contributed by atoms with Crippen molar-refractivity contribution in [3.8, 4) is 0 Å². The van der Waals surface area contributed by atoms with Gasteiger partial charge in [-0.05, 0) is 36.5 Å². The summed E-state index contributed by atoms with van der Waals surface area (Å²) >= 11 is 5.21. The molecule has 0 fully saturated rings. The molecule has 0 unspecified atom stereocenters. The van der Waals surface area contributed by atoms with Gasteiger partial charge in [0.15, 0.2) is 0 Å². The van der Waals surface area contributed by atoms with E-state index in [0.29, 0.717) is 17.3 Å². The predicted octanol–water partition coefficient (Wildman–Crippen LogP) is 21.1. The molecular formula is C75H141N3O9S3. The molecule has 0 N–H and O–H groups in total. The maximum Gasteiger partial charge on any atom is 0.336 e. The van der Waals surface area contributed by atoms with Gasteiger partial charge in [-0.15, -0.1) is 0 Å². The number of rotatable bonds is 72. The molecule has 0 radical (unpaired) electrons. The van der Waals surface area contributed by atoms with Crippen LogP contribution >= 0.6 is 35.3 Å². The van der Waals surface area contributed by atoms with E-state index in [1.807, 2.05) is 0 Å². The number of nitrogens with zero attached hydrogens (tertiary/aromatic N) is 3.